The van der Waals surface area contributed by atoms with E-state index in [9.17, 15) is 4.79 Å². The van der Waals surface area contributed by atoms with Crippen LogP contribution >= 0.6 is 0 Å². The molecule has 6 nitrogen and oxygen atoms in total. The summed E-state index contributed by atoms with van der Waals surface area (Å²) in [5.41, 5.74) is 0.411. The van der Waals surface area contributed by atoms with E-state index in [1.165, 1.54) is 0 Å². The highest BCUT2D eigenvalue weighted by Crippen LogP contribution is 2.07. The van der Waals surface area contributed by atoms with Gasteiger partial charge in [-0.2, -0.15) is 5.10 Å². The van der Waals surface area contributed by atoms with Crippen molar-refractivity contribution in [1.29, 1.82) is 0 Å². The number of carbonyl (C=O) groups excluding carboxylic acids is 1. The third-order valence-electron chi connectivity index (χ3n) is 2.07. The summed E-state index contributed by atoms with van der Waals surface area (Å²) in [6.07, 6.45) is 3.76. The Morgan fingerprint density at radius 2 is 2.28 bits per heavy atom. The molecular formula is C12H21N3O3. The molecule has 0 saturated heterocycles. The lowest BCUT2D eigenvalue weighted by Crippen LogP contribution is -2.32. The molecule has 0 spiro atoms. The predicted molar refractivity (Wildman–Crippen MR) is 67.0 cm³/mol. The first kappa shape index (κ1) is 14.5. The van der Waals surface area contributed by atoms with Gasteiger partial charge in [0.25, 0.3) is 0 Å². The molecule has 1 aromatic rings. The Bertz CT molecular complexity index is 382. The molecule has 0 unspecified atom stereocenters. The molecule has 0 bridgehead atoms. The number of hydrogen-bond donors (Lipinski definition) is 2. The van der Waals surface area contributed by atoms with Crippen LogP contribution in [0.5, 0.6) is 0 Å². The number of alkyl carbamates (subject to hydrolysis) is 1. The van der Waals surface area contributed by atoms with Crippen LogP contribution in [0.4, 0.5) is 4.79 Å². The van der Waals surface area contributed by atoms with E-state index in [2.05, 4.69) is 10.4 Å². The minimum atomic E-state index is -0.491. The Hall–Kier alpha value is -1.56. The smallest absolute Gasteiger partial charge is 0.407 e. The Morgan fingerprint density at radius 1 is 1.56 bits per heavy atom. The lowest BCUT2D eigenvalue weighted by Gasteiger charge is -2.19. The second-order valence-electron chi connectivity index (χ2n) is 5.04. The van der Waals surface area contributed by atoms with Crippen molar-refractivity contribution in [3.05, 3.63) is 18.0 Å². The molecule has 0 fully saturated rings. The van der Waals surface area contributed by atoms with Crippen LogP contribution in [0.25, 0.3) is 0 Å². The minimum absolute atomic E-state index is 0.144. The molecule has 1 aromatic heterocycles. The fourth-order valence-corrected chi connectivity index (χ4v) is 1.34. The SMILES string of the molecule is CC(C)(C)OC(=O)NCc1cnn(CCCO)c1. The van der Waals surface area contributed by atoms with Gasteiger partial charge in [-0.25, -0.2) is 4.79 Å². The summed E-state index contributed by atoms with van der Waals surface area (Å²) < 4.78 is 6.86. The lowest BCUT2D eigenvalue weighted by atomic mass is 10.2. The highest BCUT2D eigenvalue weighted by Gasteiger charge is 2.15. The molecule has 0 aromatic carbocycles. The van der Waals surface area contributed by atoms with Crippen LogP contribution in [0.3, 0.4) is 0 Å². The number of aryl methyl sites for hydroxylation is 1. The Labute approximate surface area is 107 Å². The van der Waals surface area contributed by atoms with Gasteiger partial charge in [0.05, 0.1) is 6.20 Å². The third kappa shape index (κ3) is 5.67. The topological polar surface area (TPSA) is 76.4 Å². The predicted octanol–water partition coefficient (Wildman–Crippen LogP) is 1.29. The molecule has 102 valence electrons. The van der Waals surface area contributed by atoms with Gasteiger partial charge in [-0.15, -0.1) is 0 Å². The largest absolute Gasteiger partial charge is 0.444 e. The molecule has 6 heteroatoms. The average Bonchev–Trinajstić information content (AvgIpc) is 2.69. The minimum Gasteiger partial charge on any atom is -0.444 e. The molecule has 1 heterocycles. The second-order valence-corrected chi connectivity index (χ2v) is 5.04. The van der Waals surface area contributed by atoms with Crippen LogP contribution in [0.1, 0.15) is 32.8 Å². The second kappa shape index (κ2) is 6.39. The van der Waals surface area contributed by atoms with Crippen LogP contribution in [0, 0.1) is 0 Å². The zero-order valence-electron chi connectivity index (χ0n) is 11.1. The summed E-state index contributed by atoms with van der Waals surface area (Å²) in [6, 6.07) is 0. The van der Waals surface area contributed by atoms with Gasteiger partial charge >= 0.3 is 6.09 Å². The quantitative estimate of drug-likeness (QED) is 0.831. The number of carbonyl (C=O) groups is 1. The maximum atomic E-state index is 11.4. The maximum Gasteiger partial charge on any atom is 0.407 e. The third-order valence-corrected chi connectivity index (χ3v) is 2.07. The molecule has 0 radical (unpaired) electrons. The monoisotopic (exact) mass is 255 g/mol. The van der Waals surface area contributed by atoms with E-state index < -0.39 is 11.7 Å². The number of aliphatic hydroxyl groups excluding tert-OH is 1. The number of aromatic nitrogens is 2. The zero-order valence-corrected chi connectivity index (χ0v) is 11.1. The summed E-state index contributed by atoms with van der Waals surface area (Å²) in [7, 11) is 0. The first-order valence-corrected chi connectivity index (χ1v) is 6.00. The number of nitrogens with zero attached hydrogens (tertiary/aromatic N) is 2. The normalized spacial score (nSPS) is 11.3. The first-order valence-electron chi connectivity index (χ1n) is 6.00. The highest BCUT2D eigenvalue weighted by molar-refractivity contribution is 5.67. The van der Waals surface area contributed by atoms with Crippen molar-refractivity contribution in [3.63, 3.8) is 0 Å². The fourth-order valence-electron chi connectivity index (χ4n) is 1.34. The summed E-state index contributed by atoms with van der Waals surface area (Å²) in [4.78, 5) is 11.4. The molecule has 2 N–H and O–H groups in total. The molecule has 0 atom stereocenters. The lowest BCUT2D eigenvalue weighted by molar-refractivity contribution is 0.0523. The van der Waals surface area contributed by atoms with Crippen LogP contribution < -0.4 is 5.32 Å². The molecule has 1 amide bonds. The van der Waals surface area contributed by atoms with Gasteiger partial charge in [0, 0.05) is 31.5 Å². The van der Waals surface area contributed by atoms with Gasteiger partial charge < -0.3 is 15.2 Å². The molecule has 18 heavy (non-hydrogen) atoms. The maximum absolute atomic E-state index is 11.4. The number of amides is 1. The molecular weight excluding hydrogens is 234 g/mol. The van der Waals surface area contributed by atoms with Crippen molar-refractivity contribution in [2.75, 3.05) is 6.61 Å². The van der Waals surface area contributed by atoms with Crippen molar-refractivity contribution >= 4 is 6.09 Å². The van der Waals surface area contributed by atoms with Crippen molar-refractivity contribution in [1.82, 2.24) is 15.1 Å². The van der Waals surface area contributed by atoms with Crippen molar-refractivity contribution in [2.24, 2.45) is 0 Å². The highest BCUT2D eigenvalue weighted by atomic mass is 16.6. The summed E-state index contributed by atoms with van der Waals surface area (Å²) in [6.45, 7) is 6.65. The van der Waals surface area contributed by atoms with Crippen molar-refractivity contribution in [2.45, 2.75) is 45.9 Å². The average molecular weight is 255 g/mol. The standard InChI is InChI=1S/C12H21N3O3/c1-12(2,3)18-11(17)13-7-10-8-14-15(9-10)5-4-6-16/h8-9,16H,4-7H2,1-3H3,(H,13,17). The van der Waals surface area contributed by atoms with Gasteiger partial charge in [0.15, 0.2) is 0 Å². The van der Waals surface area contributed by atoms with Gasteiger partial charge in [-0.3, -0.25) is 4.68 Å². The molecule has 0 aliphatic carbocycles. The zero-order chi connectivity index (χ0) is 13.6. The van der Waals surface area contributed by atoms with Crippen LogP contribution in [0.2, 0.25) is 0 Å². The Balaban J connectivity index is 2.35. The van der Waals surface area contributed by atoms with E-state index in [1.54, 1.807) is 10.9 Å². The van der Waals surface area contributed by atoms with E-state index >= 15 is 0 Å². The van der Waals surface area contributed by atoms with E-state index in [1.807, 2.05) is 27.0 Å². The van der Waals surface area contributed by atoms with Crippen LogP contribution in [-0.4, -0.2) is 33.2 Å². The van der Waals surface area contributed by atoms with Gasteiger partial charge in [0.2, 0.25) is 0 Å². The Kier molecular flexibility index (Phi) is 5.15. The van der Waals surface area contributed by atoms with E-state index in [4.69, 9.17) is 9.84 Å². The van der Waals surface area contributed by atoms with Crippen LogP contribution in [-0.2, 0) is 17.8 Å². The van der Waals surface area contributed by atoms with Gasteiger partial charge in [-0.05, 0) is 27.2 Å². The number of hydrogen-bond acceptors (Lipinski definition) is 4. The number of ether oxygens (including phenoxy) is 1. The van der Waals surface area contributed by atoms with E-state index in [-0.39, 0.29) is 6.61 Å². The van der Waals surface area contributed by atoms with Gasteiger partial charge in [0.1, 0.15) is 5.60 Å². The molecule has 0 aliphatic rings. The fraction of sp³-hybridized carbons (Fsp3) is 0.667. The molecule has 1 rings (SSSR count). The van der Waals surface area contributed by atoms with E-state index in [0.29, 0.717) is 19.5 Å². The molecule has 0 saturated carbocycles. The van der Waals surface area contributed by atoms with Gasteiger partial charge in [-0.1, -0.05) is 0 Å². The van der Waals surface area contributed by atoms with Crippen molar-refractivity contribution in [3.8, 4) is 0 Å². The number of aliphatic hydroxyl groups is 1. The summed E-state index contributed by atoms with van der Waals surface area (Å²) >= 11 is 0. The van der Waals surface area contributed by atoms with Crippen LogP contribution in [0.15, 0.2) is 12.4 Å². The number of nitrogens with one attached hydrogen (secondary N) is 1. The first-order chi connectivity index (χ1) is 8.40. The Morgan fingerprint density at radius 3 is 2.89 bits per heavy atom. The number of rotatable bonds is 5. The summed E-state index contributed by atoms with van der Waals surface area (Å²) in [5, 5.41) is 15.5. The van der Waals surface area contributed by atoms with Crippen molar-refractivity contribution < 1.29 is 14.6 Å². The van der Waals surface area contributed by atoms with E-state index in [0.717, 1.165) is 5.56 Å². The summed E-state index contributed by atoms with van der Waals surface area (Å²) in [5.74, 6) is 0. The molecule has 0 aliphatic heterocycles.